The van der Waals surface area contributed by atoms with Gasteiger partial charge in [-0.3, -0.25) is 14.6 Å². The molecule has 1 aromatic heterocycles. The van der Waals surface area contributed by atoms with Gasteiger partial charge in [0.05, 0.1) is 18.4 Å². The van der Waals surface area contributed by atoms with E-state index in [1.54, 1.807) is 12.4 Å². The molecule has 11 heteroatoms. The van der Waals surface area contributed by atoms with Crippen LogP contribution in [0.3, 0.4) is 0 Å². The normalized spacial score (nSPS) is 18.2. The number of nitrogens with zero attached hydrogens (tertiary/aromatic N) is 2. The van der Waals surface area contributed by atoms with Gasteiger partial charge >= 0.3 is 17.9 Å². The number of rotatable bonds is 9. The highest BCUT2D eigenvalue weighted by Crippen LogP contribution is 2.49. The van der Waals surface area contributed by atoms with E-state index in [2.05, 4.69) is 22.0 Å². The van der Waals surface area contributed by atoms with Gasteiger partial charge in [0.1, 0.15) is 0 Å². The Bertz CT molecular complexity index is 1080. The molecule has 1 aromatic carbocycles. The van der Waals surface area contributed by atoms with Crippen LogP contribution in [0.5, 0.6) is 0 Å². The molecule has 5 N–H and O–H groups in total. The molecule has 0 bridgehead atoms. The van der Waals surface area contributed by atoms with Crippen LogP contribution < -0.4 is 0 Å². The summed E-state index contributed by atoms with van der Waals surface area (Å²) in [5.74, 6) is -5.02. The Morgan fingerprint density at radius 2 is 1.49 bits per heavy atom. The lowest BCUT2D eigenvalue weighted by Crippen LogP contribution is -2.45. The van der Waals surface area contributed by atoms with E-state index in [0.29, 0.717) is 5.41 Å². The van der Waals surface area contributed by atoms with Gasteiger partial charge < -0.3 is 30.4 Å². The maximum absolute atomic E-state index is 10.9. The van der Waals surface area contributed by atoms with Crippen LogP contribution in [-0.4, -0.2) is 78.6 Å². The number of pyridine rings is 1. The fraction of sp³-hybridized carbons (Fsp3) is 0.462. The number of piperidine rings is 1. The summed E-state index contributed by atoms with van der Waals surface area (Å²) in [5, 5.41) is 45.6. The second kappa shape index (κ2) is 11.6. The van der Waals surface area contributed by atoms with Crippen LogP contribution in [0.15, 0.2) is 48.8 Å². The smallest absolute Gasteiger partial charge is 0.336 e. The molecule has 1 saturated carbocycles. The van der Waals surface area contributed by atoms with Crippen molar-refractivity contribution in [2.75, 3.05) is 19.6 Å². The van der Waals surface area contributed by atoms with Gasteiger partial charge in [0, 0.05) is 48.0 Å². The van der Waals surface area contributed by atoms with Crippen LogP contribution in [0.4, 0.5) is 0 Å². The SMILES string of the molecule is O=C(O)CC(O)(CC(=O)O)C(=O)O.OC1(c2cccnc2)CCN(CC2(c3ccc(Cl)cc3)CC2)CC1. The van der Waals surface area contributed by atoms with E-state index in [0.717, 1.165) is 43.1 Å². The number of benzene rings is 1. The van der Waals surface area contributed by atoms with Crippen molar-refractivity contribution in [2.24, 2.45) is 0 Å². The van der Waals surface area contributed by atoms with Gasteiger partial charge in [0.15, 0.2) is 5.60 Å². The summed E-state index contributed by atoms with van der Waals surface area (Å²) in [6, 6.07) is 12.2. The highest BCUT2D eigenvalue weighted by Gasteiger charge is 2.46. The summed E-state index contributed by atoms with van der Waals surface area (Å²) >= 11 is 6.02. The Morgan fingerprint density at radius 1 is 0.919 bits per heavy atom. The van der Waals surface area contributed by atoms with Crippen molar-refractivity contribution in [3.8, 4) is 0 Å². The van der Waals surface area contributed by atoms with E-state index in [-0.39, 0.29) is 0 Å². The molecule has 2 aliphatic rings. The number of aliphatic carboxylic acids is 3. The summed E-state index contributed by atoms with van der Waals surface area (Å²) in [4.78, 5) is 37.1. The lowest BCUT2D eigenvalue weighted by atomic mass is 9.84. The Balaban J connectivity index is 0.000000251. The maximum atomic E-state index is 10.9. The van der Waals surface area contributed by atoms with Crippen LogP contribution in [0.25, 0.3) is 0 Å². The first-order valence-corrected chi connectivity index (χ1v) is 12.3. The molecule has 10 nitrogen and oxygen atoms in total. The number of aliphatic hydroxyl groups is 2. The molecule has 37 heavy (non-hydrogen) atoms. The summed E-state index contributed by atoms with van der Waals surface area (Å²) < 4.78 is 0. The standard InChI is InChI=1S/C20H23ClN2O.C6H8O7/c21-18-5-3-16(4-6-18)19(7-8-19)15-23-12-9-20(24,10-13-23)17-2-1-11-22-14-17;7-3(8)1-6(13,5(11)12)2-4(9)10/h1-6,11,14,24H,7-10,12-13,15H2;13H,1-2H2,(H,7,8)(H,9,10)(H,11,12). The molecule has 2 fully saturated rings. The minimum atomic E-state index is -2.74. The van der Waals surface area contributed by atoms with Crippen molar-refractivity contribution in [3.63, 3.8) is 0 Å². The van der Waals surface area contributed by atoms with E-state index in [1.165, 1.54) is 18.4 Å². The number of carboxylic acid groups (broad SMARTS) is 3. The predicted molar refractivity (Wildman–Crippen MR) is 133 cm³/mol. The van der Waals surface area contributed by atoms with Crippen LogP contribution in [0, 0.1) is 0 Å². The van der Waals surface area contributed by atoms with Crippen molar-refractivity contribution < 1.29 is 39.9 Å². The predicted octanol–water partition coefficient (Wildman–Crippen LogP) is 2.50. The zero-order valence-corrected chi connectivity index (χ0v) is 21.0. The highest BCUT2D eigenvalue weighted by molar-refractivity contribution is 6.30. The molecular formula is C26H31ClN2O8. The summed E-state index contributed by atoms with van der Waals surface area (Å²) in [5.41, 5.74) is -0.809. The maximum Gasteiger partial charge on any atom is 0.336 e. The molecule has 4 rings (SSSR count). The van der Waals surface area contributed by atoms with Gasteiger partial charge in [-0.25, -0.2) is 4.79 Å². The Morgan fingerprint density at radius 3 is 1.92 bits per heavy atom. The Hall–Kier alpha value is -3.05. The van der Waals surface area contributed by atoms with Gasteiger partial charge in [-0.15, -0.1) is 0 Å². The van der Waals surface area contributed by atoms with Crippen molar-refractivity contribution in [1.82, 2.24) is 9.88 Å². The second-order valence-corrected chi connectivity index (χ2v) is 10.3. The molecule has 2 aromatic rings. The molecule has 0 unspecified atom stereocenters. The molecule has 200 valence electrons. The van der Waals surface area contributed by atoms with Crippen molar-refractivity contribution in [3.05, 3.63) is 64.9 Å². The number of hydrogen-bond acceptors (Lipinski definition) is 7. The molecule has 0 amide bonds. The lowest BCUT2D eigenvalue weighted by molar-refractivity contribution is -0.170. The third-order valence-corrected chi connectivity index (χ3v) is 7.26. The fourth-order valence-electron chi connectivity index (χ4n) is 4.64. The first-order valence-electron chi connectivity index (χ1n) is 11.9. The number of aromatic nitrogens is 1. The average Bonchev–Trinajstić information content (AvgIpc) is 3.61. The van der Waals surface area contributed by atoms with Gasteiger partial charge in [0.2, 0.25) is 0 Å². The zero-order valence-electron chi connectivity index (χ0n) is 20.2. The van der Waals surface area contributed by atoms with E-state index >= 15 is 0 Å². The van der Waals surface area contributed by atoms with Crippen LogP contribution in [-0.2, 0) is 25.4 Å². The minimum Gasteiger partial charge on any atom is -0.481 e. The van der Waals surface area contributed by atoms with Gasteiger partial charge in [-0.2, -0.15) is 0 Å². The number of carbonyl (C=O) groups is 3. The topological polar surface area (TPSA) is 168 Å². The molecule has 1 saturated heterocycles. The molecule has 2 heterocycles. The molecular weight excluding hydrogens is 504 g/mol. The van der Waals surface area contributed by atoms with E-state index in [4.69, 9.17) is 32.0 Å². The van der Waals surface area contributed by atoms with Crippen molar-refractivity contribution in [1.29, 1.82) is 0 Å². The van der Waals surface area contributed by atoms with E-state index in [9.17, 15) is 19.5 Å². The van der Waals surface area contributed by atoms with Gasteiger partial charge in [-0.05, 0) is 49.4 Å². The number of halogens is 1. The van der Waals surface area contributed by atoms with Crippen LogP contribution in [0.2, 0.25) is 5.02 Å². The van der Waals surface area contributed by atoms with Gasteiger partial charge in [0.25, 0.3) is 0 Å². The zero-order chi connectivity index (χ0) is 27.3. The van der Waals surface area contributed by atoms with Gasteiger partial charge in [-0.1, -0.05) is 29.8 Å². The molecule has 1 aliphatic heterocycles. The second-order valence-electron chi connectivity index (χ2n) is 9.81. The van der Waals surface area contributed by atoms with Crippen LogP contribution in [0.1, 0.15) is 49.7 Å². The monoisotopic (exact) mass is 534 g/mol. The summed E-state index contributed by atoms with van der Waals surface area (Å²) in [6.07, 6.45) is 5.31. The molecule has 0 atom stereocenters. The first kappa shape index (κ1) is 28.5. The first-order chi connectivity index (χ1) is 17.4. The minimum absolute atomic E-state index is 0.300. The third kappa shape index (κ3) is 7.48. The number of hydrogen-bond donors (Lipinski definition) is 5. The average molecular weight is 535 g/mol. The number of likely N-dealkylation sites (tertiary alicyclic amines) is 1. The fourth-order valence-corrected chi connectivity index (χ4v) is 4.77. The van der Waals surface area contributed by atoms with Crippen LogP contribution >= 0.6 is 11.6 Å². The van der Waals surface area contributed by atoms with Crippen molar-refractivity contribution in [2.45, 2.75) is 55.1 Å². The summed E-state index contributed by atoms with van der Waals surface area (Å²) in [6.45, 7) is 2.94. The van der Waals surface area contributed by atoms with E-state index in [1.807, 2.05) is 24.3 Å². The molecule has 0 radical (unpaired) electrons. The third-order valence-electron chi connectivity index (χ3n) is 7.00. The Kier molecular flexibility index (Phi) is 8.91. The lowest BCUT2D eigenvalue weighted by Gasteiger charge is -2.39. The number of carboxylic acids is 3. The Labute approximate surface area is 219 Å². The highest BCUT2D eigenvalue weighted by atomic mass is 35.5. The largest absolute Gasteiger partial charge is 0.481 e. The molecule has 1 aliphatic carbocycles. The van der Waals surface area contributed by atoms with E-state index < -0.39 is 42.0 Å². The summed E-state index contributed by atoms with van der Waals surface area (Å²) in [7, 11) is 0. The quantitative estimate of drug-likeness (QED) is 0.322. The molecule has 0 spiro atoms. The van der Waals surface area contributed by atoms with Crippen molar-refractivity contribution >= 4 is 29.5 Å².